The number of pyridine rings is 1. The molecule has 1 unspecified atom stereocenters. The summed E-state index contributed by atoms with van der Waals surface area (Å²) in [5.74, 6) is 1.49. The molecule has 1 aliphatic rings. The summed E-state index contributed by atoms with van der Waals surface area (Å²) in [5, 5.41) is 0. The van der Waals surface area contributed by atoms with Crippen LogP contribution in [0.1, 0.15) is 24.4 Å². The van der Waals surface area contributed by atoms with Crippen LogP contribution in [0.3, 0.4) is 0 Å². The van der Waals surface area contributed by atoms with E-state index in [-0.39, 0.29) is 10.9 Å². The van der Waals surface area contributed by atoms with E-state index in [1.54, 1.807) is 23.5 Å². The maximum absolute atomic E-state index is 13.1. The highest BCUT2D eigenvalue weighted by Crippen LogP contribution is 2.37. The molecule has 6 nitrogen and oxygen atoms in total. The Hall–Kier alpha value is -2.12. The molecule has 1 aromatic heterocycles. The van der Waals surface area contributed by atoms with E-state index in [1.807, 2.05) is 43.3 Å². The molecule has 1 atom stereocenters. The van der Waals surface area contributed by atoms with Gasteiger partial charge < -0.3 is 9.64 Å². The Balaban J connectivity index is 1.89. The monoisotopic (exact) mass is 361 g/mol. The predicted molar refractivity (Wildman–Crippen MR) is 97.4 cm³/mol. The lowest BCUT2D eigenvalue weighted by Gasteiger charge is -2.24. The summed E-state index contributed by atoms with van der Waals surface area (Å²) >= 11 is 0. The Morgan fingerprint density at radius 2 is 1.88 bits per heavy atom. The number of aromatic nitrogens is 1. The Labute approximate surface area is 149 Å². The fourth-order valence-electron chi connectivity index (χ4n) is 3.11. The number of methoxy groups -OCH3 is 1. The maximum Gasteiger partial charge on any atom is 0.245 e. The van der Waals surface area contributed by atoms with Crippen LogP contribution >= 0.6 is 0 Å². The average Bonchev–Trinajstić information content (AvgIpc) is 3.12. The summed E-state index contributed by atoms with van der Waals surface area (Å²) in [4.78, 5) is 6.31. The summed E-state index contributed by atoms with van der Waals surface area (Å²) in [6, 6.07) is 10.8. The first-order valence-electron chi connectivity index (χ1n) is 8.22. The van der Waals surface area contributed by atoms with E-state index in [4.69, 9.17) is 4.74 Å². The SMILES string of the molecule is COc1ccc(C2CCCN2S(=O)(=O)c2ccc(N(C)C)nc2)cc1. The first-order valence-corrected chi connectivity index (χ1v) is 9.66. The van der Waals surface area contributed by atoms with Gasteiger partial charge in [-0.15, -0.1) is 0 Å². The molecule has 1 saturated heterocycles. The van der Waals surface area contributed by atoms with Crippen molar-refractivity contribution in [2.45, 2.75) is 23.8 Å². The molecule has 0 bridgehead atoms. The van der Waals surface area contributed by atoms with Crippen molar-refractivity contribution in [3.05, 3.63) is 48.2 Å². The van der Waals surface area contributed by atoms with Gasteiger partial charge in [0.25, 0.3) is 0 Å². The molecule has 0 aliphatic carbocycles. The molecule has 2 aromatic rings. The Kier molecular flexibility index (Phi) is 4.96. The third kappa shape index (κ3) is 3.48. The van der Waals surface area contributed by atoms with Crippen LogP contribution < -0.4 is 9.64 Å². The molecule has 0 spiro atoms. The number of hydrogen-bond acceptors (Lipinski definition) is 5. The Morgan fingerprint density at radius 3 is 2.44 bits per heavy atom. The van der Waals surface area contributed by atoms with Crippen molar-refractivity contribution < 1.29 is 13.2 Å². The molecule has 0 radical (unpaired) electrons. The minimum Gasteiger partial charge on any atom is -0.497 e. The quantitative estimate of drug-likeness (QED) is 0.819. The molecule has 1 fully saturated rings. The molecule has 2 heterocycles. The highest BCUT2D eigenvalue weighted by atomic mass is 32.2. The van der Waals surface area contributed by atoms with Crippen molar-refractivity contribution in [3.8, 4) is 5.75 Å². The van der Waals surface area contributed by atoms with Gasteiger partial charge in [-0.05, 0) is 42.7 Å². The van der Waals surface area contributed by atoms with E-state index in [0.717, 1.165) is 30.0 Å². The molecule has 7 heteroatoms. The number of nitrogens with zero attached hydrogens (tertiary/aromatic N) is 3. The normalized spacial score (nSPS) is 18.3. The highest BCUT2D eigenvalue weighted by molar-refractivity contribution is 7.89. The topological polar surface area (TPSA) is 62.7 Å². The minimum atomic E-state index is -3.57. The van der Waals surface area contributed by atoms with Crippen molar-refractivity contribution in [3.63, 3.8) is 0 Å². The summed E-state index contributed by atoms with van der Waals surface area (Å²) in [7, 11) is 1.79. The van der Waals surface area contributed by atoms with E-state index >= 15 is 0 Å². The van der Waals surface area contributed by atoms with Crippen LogP contribution in [0, 0.1) is 0 Å². The average molecular weight is 361 g/mol. The first-order chi connectivity index (χ1) is 11.9. The first kappa shape index (κ1) is 17.7. The van der Waals surface area contributed by atoms with Crippen LogP contribution in [-0.4, -0.2) is 45.5 Å². The number of ether oxygens (including phenoxy) is 1. The van der Waals surface area contributed by atoms with Crippen LogP contribution in [0.15, 0.2) is 47.5 Å². The molecule has 0 amide bonds. The second-order valence-electron chi connectivity index (χ2n) is 6.29. The standard InChI is InChI=1S/C18H23N3O3S/c1-20(2)18-11-10-16(13-19-18)25(22,23)21-12-4-5-17(21)14-6-8-15(24-3)9-7-14/h6-11,13,17H,4-5,12H2,1-3H3. The number of sulfonamides is 1. The van der Waals surface area contributed by atoms with Gasteiger partial charge in [0.2, 0.25) is 10.0 Å². The van der Waals surface area contributed by atoms with Gasteiger partial charge in [-0.25, -0.2) is 13.4 Å². The molecule has 3 rings (SSSR count). The van der Waals surface area contributed by atoms with Crippen LogP contribution in [0.4, 0.5) is 5.82 Å². The molecular weight excluding hydrogens is 338 g/mol. The van der Waals surface area contributed by atoms with Crippen LogP contribution in [0.25, 0.3) is 0 Å². The molecule has 0 N–H and O–H groups in total. The summed E-state index contributed by atoms with van der Waals surface area (Å²) in [6.45, 7) is 0.522. The molecule has 1 aliphatic heterocycles. The lowest BCUT2D eigenvalue weighted by atomic mass is 10.1. The summed E-state index contributed by atoms with van der Waals surface area (Å²) in [5.41, 5.74) is 0.986. The number of rotatable bonds is 5. The van der Waals surface area contributed by atoms with Gasteiger partial charge in [0.15, 0.2) is 0 Å². The van der Waals surface area contributed by atoms with Crippen molar-refractivity contribution >= 4 is 15.8 Å². The highest BCUT2D eigenvalue weighted by Gasteiger charge is 2.36. The second kappa shape index (κ2) is 7.01. The number of anilines is 1. The summed E-state index contributed by atoms with van der Waals surface area (Å²) < 4.78 is 32.9. The number of benzene rings is 1. The van der Waals surface area contributed by atoms with Gasteiger partial charge in [0, 0.05) is 26.8 Å². The molecular formula is C18H23N3O3S. The van der Waals surface area contributed by atoms with Gasteiger partial charge >= 0.3 is 0 Å². The third-order valence-electron chi connectivity index (χ3n) is 4.49. The largest absolute Gasteiger partial charge is 0.497 e. The van der Waals surface area contributed by atoms with Gasteiger partial charge in [-0.2, -0.15) is 4.31 Å². The van der Waals surface area contributed by atoms with Gasteiger partial charge in [-0.3, -0.25) is 0 Å². The van der Waals surface area contributed by atoms with Crippen molar-refractivity contribution in [1.82, 2.24) is 9.29 Å². The Bertz CT molecular complexity index is 818. The van der Waals surface area contributed by atoms with E-state index in [2.05, 4.69) is 4.98 Å². The van der Waals surface area contributed by atoms with Gasteiger partial charge in [-0.1, -0.05) is 12.1 Å². The summed E-state index contributed by atoms with van der Waals surface area (Å²) in [6.07, 6.45) is 3.10. The van der Waals surface area contributed by atoms with E-state index in [9.17, 15) is 8.42 Å². The van der Waals surface area contributed by atoms with Crippen LogP contribution in [0.2, 0.25) is 0 Å². The fraction of sp³-hybridized carbons (Fsp3) is 0.389. The lowest BCUT2D eigenvalue weighted by Crippen LogP contribution is -2.30. The minimum absolute atomic E-state index is 0.149. The zero-order valence-electron chi connectivity index (χ0n) is 14.7. The molecule has 0 saturated carbocycles. The lowest BCUT2D eigenvalue weighted by molar-refractivity contribution is 0.394. The maximum atomic E-state index is 13.1. The van der Waals surface area contributed by atoms with E-state index < -0.39 is 10.0 Å². The van der Waals surface area contributed by atoms with E-state index in [1.165, 1.54) is 6.20 Å². The fourth-order valence-corrected chi connectivity index (χ4v) is 4.74. The molecule has 25 heavy (non-hydrogen) atoms. The van der Waals surface area contributed by atoms with Gasteiger partial charge in [0.05, 0.1) is 13.2 Å². The van der Waals surface area contributed by atoms with Crippen LogP contribution in [-0.2, 0) is 10.0 Å². The molecule has 134 valence electrons. The second-order valence-corrected chi connectivity index (χ2v) is 8.18. The van der Waals surface area contributed by atoms with Crippen molar-refractivity contribution in [2.24, 2.45) is 0 Å². The van der Waals surface area contributed by atoms with Crippen LogP contribution in [0.5, 0.6) is 5.75 Å². The zero-order valence-corrected chi connectivity index (χ0v) is 15.5. The Morgan fingerprint density at radius 1 is 1.16 bits per heavy atom. The van der Waals surface area contributed by atoms with Gasteiger partial charge in [0.1, 0.15) is 16.5 Å². The zero-order chi connectivity index (χ0) is 18.0. The molecule has 1 aromatic carbocycles. The predicted octanol–water partition coefficient (Wildman–Crippen LogP) is 2.68. The third-order valence-corrected chi connectivity index (χ3v) is 6.38. The number of hydrogen-bond donors (Lipinski definition) is 0. The van der Waals surface area contributed by atoms with Crippen molar-refractivity contribution in [2.75, 3.05) is 32.6 Å². The van der Waals surface area contributed by atoms with Crippen molar-refractivity contribution in [1.29, 1.82) is 0 Å². The smallest absolute Gasteiger partial charge is 0.245 e. The van der Waals surface area contributed by atoms with E-state index in [0.29, 0.717) is 6.54 Å².